The fourth-order valence-corrected chi connectivity index (χ4v) is 1.92. The van der Waals surface area contributed by atoms with E-state index in [1.165, 1.54) is 25.7 Å². The van der Waals surface area contributed by atoms with Crippen molar-refractivity contribution in [3.8, 4) is 0 Å². The van der Waals surface area contributed by atoms with Gasteiger partial charge in [-0.2, -0.15) is 0 Å². The molecule has 0 amide bonds. The fourth-order valence-electron chi connectivity index (χ4n) is 1.92. The molecule has 16 heavy (non-hydrogen) atoms. The van der Waals surface area contributed by atoms with Crippen molar-refractivity contribution in [2.24, 2.45) is 4.99 Å². The smallest absolute Gasteiger partial charge is 0.107 e. The van der Waals surface area contributed by atoms with Crippen LogP contribution in [0.4, 0.5) is 0 Å². The molecule has 0 bridgehead atoms. The Kier molecular flexibility index (Phi) is 6.34. The predicted octanol–water partition coefficient (Wildman–Crippen LogP) is 2.56. The van der Waals surface area contributed by atoms with E-state index in [4.69, 9.17) is 0 Å². The molecule has 2 atom stereocenters. The van der Waals surface area contributed by atoms with Crippen molar-refractivity contribution in [3.63, 3.8) is 0 Å². The summed E-state index contributed by atoms with van der Waals surface area (Å²) >= 11 is 0. The SMILES string of the molecule is CCCCC/C=C/CC1N=CCN1C(C)O. The molecule has 3 nitrogen and oxygen atoms in total. The number of hydrogen-bond donors (Lipinski definition) is 1. The van der Waals surface area contributed by atoms with E-state index in [1.807, 2.05) is 11.1 Å². The van der Waals surface area contributed by atoms with Gasteiger partial charge in [0, 0.05) is 19.2 Å². The maximum absolute atomic E-state index is 9.52. The number of rotatable bonds is 7. The molecule has 0 aromatic heterocycles. The Labute approximate surface area is 98.9 Å². The Hall–Kier alpha value is -0.670. The predicted molar refractivity (Wildman–Crippen MR) is 68.6 cm³/mol. The van der Waals surface area contributed by atoms with Crippen LogP contribution in [-0.2, 0) is 0 Å². The third kappa shape index (κ3) is 4.45. The number of aliphatic hydroxyl groups is 1. The average molecular weight is 224 g/mol. The molecule has 0 fully saturated rings. The number of unbranched alkanes of at least 4 members (excludes halogenated alkanes) is 3. The van der Waals surface area contributed by atoms with Crippen LogP contribution in [0.2, 0.25) is 0 Å². The summed E-state index contributed by atoms with van der Waals surface area (Å²) in [6, 6.07) is 0. The molecule has 1 N–H and O–H groups in total. The molecule has 0 saturated carbocycles. The van der Waals surface area contributed by atoms with Gasteiger partial charge in [0.2, 0.25) is 0 Å². The van der Waals surface area contributed by atoms with Crippen LogP contribution in [0.3, 0.4) is 0 Å². The van der Waals surface area contributed by atoms with Crippen LogP contribution in [0, 0.1) is 0 Å². The van der Waals surface area contributed by atoms with Crippen molar-refractivity contribution >= 4 is 6.21 Å². The summed E-state index contributed by atoms with van der Waals surface area (Å²) in [4.78, 5) is 6.36. The molecule has 0 aromatic carbocycles. The van der Waals surface area contributed by atoms with Gasteiger partial charge in [0.05, 0.1) is 0 Å². The van der Waals surface area contributed by atoms with Crippen molar-refractivity contribution in [3.05, 3.63) is 12.2 Å². The lowest BCUT2D eigenvalue weighted by molar-refractivity contribution is 0.0106. The molecule has 0 saturated heterocycles. The Morgan fingerprint density at radius 1 is 1.50 bits per heavy atom. The molecular formula is C13H24N2O. The van der Waals surface area contributed by atoms with Crippen LogP contribution in [0.1, 0.15) is 46.0 Å². The Morgan fingerprint density at radius 2 is 2.31 bits per heavy atom. The molecule has 1 heterocycles. The van der Waals surface area contributed by atoms with Crippen molar-refractivity contribution in [1.29, 1.82) is 0 Å². The van der Waals surface area contributed by atoms with Gasteiger partial charge >= 0.3 is 0 Å². The minimum Gasteiger partial charge on any atom is -0.379 e. The van der Waals surface area contributed by atoms with E-state index in [0.29, 0.717) is 0 Å². The van der Waals surface area contributed by atoms with E-state index in [9.17, 15) is 5.11 Å². The molecule has 92 valence electrons. The summed E-state index contributed by atoms with van der Waals surface area (Å²) in [6.07, 6.45) is 12.0. The van der Waals surface area contributed by atoms with Gasteiger partial charge in [-0.3, -0.25) is 9.89 Å². The second-order valence-corrected chi connectivity index (χ2v) is 4.34. The molecule has 0 spiro atoms. The second-order valence-electron chi connectivity index (χ2n) is 4.34. The summed E-state index contributed by atoms with van der Waals surface area (Å²) in [5.41, 5.74) is 0. The normalized spacial score (nSPS) is 23.3. The largest absolute Gasteiger partial charge is 0.379 e. The summed E-state index contributed by atoms with van der Waals surface area (Å²) < 4.78 is 0. The Bertz CT molecular complexity index is 236. The number of nitrogens with zero attached hydrogens (tertiary/aromatic N) is 2. The highest BCUT2D eigenvalue weighted by atomic mass is 16.3. The van der Waals surface area contributed by atoms with Crippen LogP contribution >= 0.6 is 0 Å². The van der Waals surface area contributed by atoms with Crippen molar-refractivity contribution in [1.82, 2.24) is 4.90 Å². The minimum atomic E-state index is -0.402. The van der Waals surface area contributed by atoms with E-state index < -0.39 is 6.23 Å². The Balaban J connectivity index is 2.18. The molecule has 0 aromatic rings. The summed E-state index contributed by atoms with van der Waals surface area (Å²) in [5.74, 6) is 0. The van der Waals surface area contributed by atoms with Gasteiger partial charge in [0.1, 0.15) is 12.4 Å². The highest BCUT2D eigenvalue weighted by molar-refractivity contribution is 5.62. The molecule has 0 radical (unpaired) electrons. The van der Waals surface area contributed by atoms with Crippen LogP contribution in [0.15, 0.2) is 17.1 Å². The van der Waals surface area contributed by atoms with Crippen LogP contribution in [0.25, 0.3) is 0 Å². The molecule has 1 aliphatic rings. The van der Waals surface area contributed by atoms with Crippen molar-refractivity contribution in [2.45, 2.75) is 58.3 Å². The molecule has 0 aliphatic carbocycles. The lowest BCUT2D eigenvalue weighted by Crippen LogP contribution is -2.37. The van der Waals surface area contributed by atoms with E-state index in [0.717, 1.165) is 13.0 Å². The van der Waals surface area contributed by atoms with Gasteiger partial charge in [0.25, 0.3) is 0 Å². The van der Waals surface area contributed by atoms with Gasteiger partial charge in [0.15, 0.2) is 0 Å². The van der Waals surface area contributed by atoms with Crippen molar-refractivity contribution in [2.75, 3.05) is 6.54 Å². The number of allylic oxidation sites excluding steroid dienone is 1. The molecular weight excluding hydrogens is 200 g/mol. The quantitative estimate of drug-likeness (QED) is 0.533. The number of aliphatic imine (C=N–C) groups is 1. The monoisotopic (exact) mass is 224 g/mol. The first-order valence-corrected chi connectivity index (χ1v) is 6.36. The second kappa shape index (κ2) is 7.58. The van der Waals surface area contributed by atoms with E-state index in [2.05, 4.69) is 24.1 Å². The van der Waals surface area contributed by atoms with Crippen LogP contribution in [0.5, 0.6) is 0 Å². The van der Waals surface area contributed by atoms with E-state index >= 15 is 0 Å². The van der Waals surface area contributed by atoms with Gasteiger partial charge in [-0.05, 0) is 19.8 Å². The highest BCUT2D eigenvalue weighted by Crippen LogP contribution is 2.14. The first kappa shape index (κ1) is 13.4. The maximum atomic E-state index is 9.52. The lowest BCUT2D eigenvalue weighted by atomic mass is 10.2. The fraction of sp³-hybridized carbons (Fsp3) is 0.769. The summed E-state index contributed by atoms with van der Waals surface area (Å²) in [5, 5.41) is 9.52. The van der Waals surface area contributed by atoms with E-state index in [1.54, 1.807) is 6.92 Å². The average Bonchev–Trinajstić information content (AvgIpc) is 2.71. The zero-order valence-corrected chi connectivity index (χ0v) is 10.5. The highest BCUT2D eigenvalue weighted by Gasteiger charge is 2.22. The van der Waals surface area contributed by atoms with Gasteiger partial charge in [-0.25, -0.2) is 0 Å². The zero-order valence-electron chi connectivity index (χ0n) is 10.5. The third-order valence-electron chi connectivity index (χ3n) is 2.92. The first-order chi connectivity index (χ1) is 7.75. The van der Waals surface area contributed by atoms with Gasteiger partial charge < -0.3 is 5.11 Å². The first-order valence-electron chi connectivity index (χ1n) is 6.36. The van der Waals surface area contributed by atoms with Gasteiger partial charge in [-0.1, -0.05) is 31.9 Å². The van der Waals surface area contributed by atoms with E-state index in [-0.39, 0.29) is 6.17 Å². The Morgan fingerprint density at radius 3 is 3.00 bits per heavy atom. The summed E-state index contributed by atoms with van der Waals surface area (Å²) in [6.45, 7) is 4.79. The number of hydrogen-bond acceptors (Lipinski definition) is 3. The number of aliphatic hydroxyl groups excluding tert-OH is 1. The van der Waals surface area contributed by atoms with Crippen LogP contribution < -0.4 is 0 Å². The molecule has 3 heteroatoms. The lowest BCUT2D eigenvalue weighted by Gasteiger charge is -2.24. The van der Waals surface area contributed by atoms with Crippen LogP contribution in [-0.4, -0.2) is 35.2 Å². The third-order valence-corrected chi connectivity index (χ3v) is 2.92. The topological polar surface area (TPSA) is 35.8 Å². The zero-order chi connectivity index (χ0) is 11.8. The molecule has 1 rings (SSSR count). The van der Waals surface area contributed by atoms with Gasteiger partial charge in [-0.15, -0.1) is 0 Å². The minimum absolute atomic E-state index is 0.141. The molecule has 1 aliphatic heterocycles. The maximum Gasteiger partial charge on any atom is 0.107 e. The summed E-state index contributed by atoms with van der Waals surface area (Å²) in [7, 11) is 0. The van der Waals surface area contributed by atoms with Crippen molar-refractivity contribution < 1.29 is 5.11 Å². The molecule has 2 unspecified atom stereocenters. The standard InChI is InChI=1S/C13H24N2O/c1-3-4-5-6-7-8-9-13-14-10-11-15(13)12(2)16/h7-8,10,12-13,16H,3-6,9,11H2,1-2H3/b8-7+.